The lowest BCUT2D eigenvalue weighted by molar-refractivity contribution is -0.157. The van der Waals surface area contributed by atoms with E-state index in [9.17, 15) is 19.5 Å². The van der Waals surface area contributed by atoms with Gasteiger partial charge in [-0.3, -0.25) is 14.4 Å². The summed E-state index contributed by atoms with van der Waals surface area (Å²) in [7, 11) is 0. The van der Waals surface area contributed by atoms with E-state index in [-0.39, 0.29) is 34.6 Å². The largest absolute Gasteiger partial charge is 0.384 e. The van der Waals surface area contributed by atoms with Crippen molar-refractivity contribution in [3.8, 4) is 0 Å². The second kappa shape index (κ2) is 10.3. The minimum Gasteiger partial charge on any atom is -0.384 e. The van der Waals surface area contributed by atoms with E-state index in [1.165, 1.54) is 6.42 Å². The van der Waals surface area contributed by atoms with Gasteiger partial charge in [-0.1, -0.05) is 51.4 Å². The van der Waals surface area contributed by atoms with Gasteiger partial charge >= 0.3 is 0 Å². The van der Waals surface area contributed by atoms with Gasteiger partial charge < -0.3 is 20.6 Å². The van der Waals surface area contributed by atoms with Crippen molar-refractivity contribution in [2.45, 2.75) is 103 Å². The van der Waals surface area contributed by atoms with E-state index in [1.54, 1.807) is 19.1 Å². The minimum absolute atomic E-state index is 0.0134. The molecule has 1 aromatic carbocycles. The zero-order valence-electron chi connectivity index (χ0n) is 24.7. The van der Waals surface area contributed by atoms with Crippen LogP contribution in [0.3, 0.4) is 0 Å². The maximum Gasteiger partial charge on any atom is 0.245 e. The average molecular weight is 572 g/mol. The third-order valence-corrected chi connectivity index (χ3v) is 10.7. The third-order valence-electron chi connectivity index (χ3n) is 10.5. The second-order valence-electron chi connectivity index (χ2n) is 14.6. The molecule has 7 nitrogen and oxygen atoms in total. The summed E-state index contributed by atoms with van der Waals surface area (Å²) in [6.07, 6.45) is 6.96. The molecule has 220 valence electrons. The van der Waals surface area contributed by atoms with Crippen molar-refractivity contribution in [3.05, 3.63) is 34.9 Å². The first kappa shape index (κ1) is 29.4. The number of benzene rings is 1. The molecular formula is C32H46ClN3O4. The Morgan fingerprint density at radius 3 is 2.25 bits per heavy atom. The topological polar surface area (TPSA) is 98.7 Å². The number of carbonyl (C=O) groups excluding carboxylic acids is 3. The highest BCUT2D eigenvalue weighted by molar-refractivity contribution is 6.30. The number of hydrogen-bond acceptors (Lipinski definition) is 4. The monoisotopic (exact) mass is 571 g/mol. The highest BCUT2D eigenvalue weighted by Crippen LogP contribution is 2.62. The highest BCUT2D eigenvalue weighted by Gasteiger charge is 2.58. The number of piperidine rings is 1. The summed E-state index contributed by atoms with van der Waals surface area (Å²) in [5, 5.41) is 18.8. The van der Waals surface area contributed by atoms with Crippen molar-refractivity contribution >= 4 is 29.3 Å². The van der Waals surface area contributed by atoms with Crippen LogP contribution >= 0.6 is 11.6 Å². The Hall–Kier alpha value is -2.12. The number of nitrogens with zero attached hydrogens (tertiary/aromatic N) is 1. The lowest BCUT2D eigenvalue weighted by Gasteiger charge is -2.62. The maximum absolute atomic E-state index is 13.9. The van der Waals surface area contributed by atoms with E-state index in [0.29, 0.717) is 42.8 Å². The summed E-state index contributed by atoms with van der Waals surface area (Å²) in [4.78, 5) is 41.3. The fraction of sp³-hybridized carbons (Fsp3) is 0.719. The van der Waals surface area contributed by atoms with Gasteiger partial charge in [-0.2, -0.15) is 0 Å². The van der Waals surface area contributed by atoms with Crippen LogP contribution in [0.15, 0.2) is 24.3 Å². The van der Waals surface area contributed by atoms with Crippen molar-refractivity contribution in [2.24, 2.45) is 28.6 Å². The fourth-order valence-corrected chi connectivity index (χ4v) is 9.35. The molecule has 2 unspecified atom stereocenters. The van der Waals surface area contributed by atoms with E-state index in [0.717, 1.165) is 37.7 Å². The Morgan fingerprint density at radius 1 is 1.07 bits per heavy atom. The summed E-state index contributed by atoms with van der Waals surface area (Å²) in [5.74, 6) is 0.894. The normalized spacial score (nSPS) is 35.0. The molecule has 0 radical (unpaired) electrons. The standard InChI is InChI=1S/C32H46ClN3O4/c1-20(2)27(28(39)36-11-10-32(40,29(4,5)19-36)24-6-8-25(33)9-7-24)34-26(38)17-30-13-22-12-23(14-30)16-31(15-22,18-30)35-21(3)37/h6-9,20,22-23,27,40H,10-19H2,1-5H3,(H,34,38)(H,35,37)/t22?,23?,27-,30?,31?,32+/m1/s1. The summed E-state index contributed by atoms with van der Waals surface area (Å²) >= 11 is 6.08. The first-order chi connectivity index (χ1) is 18.6. The second-order valence-corrected chi connectivity index (χ2v) is 15.1. The molecule has 4 saturated carbocycles. The van der Waals surface area contributed by atoms with Crippen LogP contribution in [0.1, 0.15) is 91.5 Å². The summed E-state index contributed by atoms with van der Waals surface area (Å²) < 4.78 is 0. The van der Waals surface area contributed by atoms with Crippen LogP contribution in [-0.2, 0) is 20.0 Å². The number of rotatable bonds is 7. The molecule has 0 aromatic heterocycles. The summed E-state index contributed by atoms with van der Waals surface area (Å²) in [6, 6.07) is 6.67. The molecule has 4 atom stereocenters. The molecule has 0 spiro atoms. The van der Waals surface area contributed by atoms with Crippen molar-refractivity contribution in [2.75, 3.05) is 13.1 Å². The Morgan fingerprint density at radius 2 is 1.70 bits per heavy atom. The molecule has 5 aliphatic rings. The van der Waals surface area contributed by atoms with Gasteiger partial charge in [0, 0.05) is 42.4 Å². The molecule has 4 aliphatic carbocycles. The summed E-state index contributed by atoms with van der Waals surface area (Å²) in [6.45, 7) is 10.3. The zero-order chi connectivity index (χ0) is 29.1. The number of nitrogens with one attached hydrogen (secondary N) is 2. The third kappa shape index (κ3) is 5.40. The fourth-order valence-electron chi connectivity index (χ4n) is 9.22. The molecule has 1 aliphatic heterocycles. The molecule has 6 rings (SSSR count). The van der Waals surface area contributed by atoms with E-state index in [2.05, 4.69) is 10.6 Å². The Labute approximate surface area is 243 Å². The van der Waals surface area contributed by atoms with Gasteiger partial charge in [0.2, 0.25) is 17.7 Å². The van der Waals surface area contributed by atoms with Gasteiger partial charge in [0.05, 0.1) is 5.60 Å². The maximum atomic E-state index is 13.9. The van der Waals surface area contributed by atoms with Gasteiger partial charge in [-0.05, 0) is 85.8 Å². The van der Waals surface area contributed by atoms with Crippen molar-refractivity contribution < 1.29 is 19.5 Å². The van der Waals surface area contributed by atoms with Crippen molar-refractivity contribution in [1.82, 2.24) is 15.5 Å². The van der Waals surface area contributed by atoms with Gasteiger partial charge in [0.25, 0.3) is 0 Å². The highest BCUT2D eigenvalue weighted by atomic mass is 35.5. The van der Waals surface area contributed by atoms with E-state index in [4.69, 9.17) is 11.6 Å². The SMILES string of the molecule is CC(=O)NC12CC3CC(CC(CC(=O)N[C@@H](C(=O)N4CC[C@](O)(c5ccc(Cl)cc5)C(C)(C)C4)C(C)C)(C3)C1)C2. The van der Waals surface area contributed by atoms with Crippen LogP contribution in [0, 0.1) is 28.6 Å². The number of hydrogen-bond donors (Lipinski definition) is 3. The summed E-state index contributed by atoms with van der Waals surface area (Å²) in [5.41, 5.74) is -1.17. The van der Waals surface area contributed by atoms with E-state index in [1.807, 2.05) is 44.7 Å². The minimum atomic E-state index is -1.09. The van der Waals surface area contributed by atoms with Crippen molar-refractivity contribution in [1.29, 1.82) is 0 Å². The predicted octanol–water partition coefficient (Wildman–Crippen LogP) is 4.79. The van der Waals surface area contributed by atoms with Crippen LogP contribution in [0.25, 0.3) is 0 Å². The molecule has 8 heteroatoms. The van der Waals surface area contributed by atoms with E-state index < -0.39 is 17.1 Å². The Kier molecular flexibility index (Phi) is 7.57. The van der Waals surface area contributed by atoms with Crippen molar-refractivity contribution in [3.63, 3.8) is 0 Å². The zero-order valence-corrected chi connectivity index (χ0v) is 25.4. The number of aliphatic hydroxyl groups is 1. The van der Waals surface area contributed by atoms with Gasteiger partial charge in [0.1, 0.15) is 6.04 Å². The first-order valence-corrected chi connectivity index (χ1v) is 15.4. The molecule has 4 bridgehead atoms. The molecule has 3 N–H and O–H groups in total. The van der Waals surface area contributed by atoms with Crippen LogP contribution in [0.5, 0.6) is 0 Å². The predicted molar refractivity (Wildman–Crippen MR) is 155 cm³/mol. The lowest BCUT2D eigenvalue weighted by Crippen LogP contribution is -2.64. The van der Waals surface area contributed by atoms with Crippen LogP contribution in [-0.4, -0.2) is 52.4 Å². The Balaban J connectivity index is 1.26. The van der Waals surface area contributed by atoms with E-state index >= 15 is 0 Å². The lowest BCUT2D eigenvalue weighted by atomic mass is 9.46. The average Bonchev–Trinajstić information content (AvgIpc) is 2.82. The molecule has 40 heavy (non-hydrogen) atoms. The first-order valence-electron chi connectivity index (χ1n) is 15.0. The number of halogens is 1. The van der Waals surface area contributed by atoms with Crippen LogP contribution in [0.2, 0.25) is 5.02 Å². The smallest absolute Gasteiger partial charge is 0.245 e. The molecular weight excluding hydrogens is 526 g/mol. The molecule has 3 amide bonds. The Bertz CT molecular complexity index is 1150. The number of carbonyl (C=O) groups is 3. The molecule has 1 saturated heterocycles. The number of likely N-dealkylation sites (tertiary alicyclic amines) is 1. The number of amides is 3. The van der Waals surface area contributed by atoms with Crippen LogP contribution in [0.4, 0.5) is 0 Å². The quantitative estimate of drug-likeness (QED) is 0.438. The van der Waals surface area contributed by atoms with Gasteiger partial charge in [0.15, 0.2) is 0 Å². The molecule has 5 fully saturated rings. The molecule has 1 heterocycles. The van der Waals surface area contributed by atoms with Crippen LogP contribution < -0.4 is 10.6 Å². The van der Waals surface area contributed by atoms with Gasteiger partial charge in [-0.25, -0.2) is 0 Å². The molecule has 1 aromatic rings. The van der Waals surface area contributed by atoms with Gasteiger partial charge in [-0.15, -0.1) is 0 Å².